The van der Waals surface area contributed by atoms with Crippen molar-refractivity contribution in [2.24, 2.45) is 0 Å². The van der Waals surface area contributed by atoms with E-state index in [1.807, 2.05) is 0 Å². The number of nitrogens with zero attached hydrogens (tertiary/aromatic N) is 2. The molecule has 0 saturated heterocycles. The van der Waals surface area contributed by atoms with Gasteiger partial charge in [0.25, 0.3) is 0 Å². The zero-order chi connectivity index (χ0) is 27.2. The Morgan fingerprint density at radius 3 is 2.27 bits per heavy atom. The number of aryl methyl sites for hydroxylation is 1. The molecule has 0 radical (unpaired) electrons. The molecule has 0 N–H and O–H groups in total. The van der Waals surface area contributed by atoms with E-state index >= 15 is 0 Å². The Kier molecular flexibility index (Phi) is 3.90. The van der Waals surface area contributed by atoms with Crippen LogP contribution in [0.5, 0.6) is 0 Å². The number of rotatable bonds is 0. The van der Waals surface area contributed by atoms with Crippen LogP contribution < -0.4 is 26.2 Å². The molecule has 0 unspecified atom stereocenters. The molecule has 0 bridgehead atoms. The first-order valence-corrected chi connectivity index (χ1v) is 17.7. The van der Waals surface area contributed by atoms with Gasteiger partial charge in [0.2, 0.25) is 0 Å². The summed E-state index contributed by atoms with van der Waals surface area (Å²) in [5.74, 6) is 0. The number of para-hydroxylation sites is 3. The fourth-order valence-corrected chi connectivity index (χ4v) is 11.4. The molecule has 3 aliphatic rings. The lowest BCUT2D eigenvalue weighted by atomic mass is 9.45. The average molecular weight is 539 g/mol. The molecular weight excluding hydrogens is 511 g/mol. The van der Waals surface area contributed by atoms with E-state index in [1.54, 1.807) is 5.19 Å². The van der Waals surface area contributed by atoms with Gasteiger partial charge in [0.05, 0.1) is 0 Å². The van der Waals surface area contributed by atoms with Crippen LogP contribution in [0.3, 0.4) is 0 Å². The summed E-state index contributed by atoms with van der Waals surface area (Å²) in [6.07, 6.45) is 0. The Morgan fingerprint density at radius 1 is 0.634 bits per heavy atom. The standard InChI is InChI=1S/C37H27BN2Si/c1-22-18-28-26-13-8-12-25-27-20-23-10-4-5-11-24(23)21-31(27)40(36(25)26)38-29-14-9-17-34-37(29)39(32(19-22)35(28)38)30-15-6-7-16-33(30)41(34,2)3/h4-21H,1-3H3. The third-order valence-electron chi connectivity index (χ3n) is 10.1. The van der Waals surface area contributed by atoms with Crippen LogP contribution in [0.25, 0.3) is 43.7 Å². The van der Waals surface area contributed by atoms with E-state index in [0.717, 1.165) is 0 Å². The Labute approximate surface area is 240 Å². The minimum Gasteiger partial charge on any atom is -0.375 e. The summed E-state index contributed by atoms with van der Waals surface area (Å²) < 4.78 is 2.69. The lowest BCUT2D eigenvalue weighted by Crippen LogP contribution is -2.65. The molecule has 0 aliphatic carbocycles. The van der Waals surface area contributed by atoms with Crippen molar-refractivity contribution in [1.29, 1.82) is 0 Å². The molecule has 41 heavy (non-hydrogen) atoms. The molecule has 6 aromatic carbocycles. The van der Waals surface area contributed by atoms with E-state index in [0.29, 0.717) is 0 Å². The van der Waals surface area contributed by atoms with Gasteiger partial charge in [-0.15, -0.1) is 0 Å². The maximum absolute atomic E-state index is 2.69. The number of hydrogen-bond donors (Lipinski definition) is 0. The normalized spacial score (nSPS) is 15.3. The largest absolute Gasteiger partial charge is 0.375 e. The second kappa shape index (κ2) is 7.20. The van der Waals surface area contributed by atoms with Gasteiger partial charge in [-0.05, 0) is 74.4 Å². The van der Waals surface area contributed by atoms with Gasteiger partial charge in [0.15, 0.2) is 0 Å². The van der Waals surface area contributed by atoms with E-state index in [2.05, 4.69) is 139 Å². The molecule has 192 valence electrons. The summed E-state index contributed by atoms with van der Waals surface area (Å²) in [5.41, 5.74) is 13.7. The highest BCUT2D eigenvalue weighted by Crippen LogP contribution is 2.46. The average Bonchev–Trinajstić information content (AvgIpc) is 3.31. The minimum atomic E-state index is -1.92. The molecule has 0 fully saturated rings. The zero-order valence-corrected chi connectivity index (χ0v) is 24.4. The number of anilines is 3. The maximum atomic E-state index is 2.69. The van der Waals surface area contributed by atoms with E-state index in [1.165, 1.54) is 82.4 Å². The van der Waals surface area contributed by atoms with Crippen molar-refractivity contribution in [3.63, 3.8) is 0 Å². The van der Waals surface area contributed by atoms with E-state index in [-0.39, 0.29) is 6.85 Å². The SMILES string of the molecule is Cc1cc2c3c(c1)N1c4ccccc4[Si](C)(C)c4cccc(c41)B3n1c3cc4ccccc4cc3c3cccc-2c31. The van der Waals surface area contributed by atoms with Crippen LogP contribution >= 0.6 is 0 Å². The van der Waals surface area contributed by atoms with Crippen molar-refractivity contribution in [2.75, 3.05) is 4.90 Å². The molecule has 3 aliphatic heterocycles. The van der Waals surface area contributed by atoms with Crippen molar-refractivity contribution >= 4 is 85.9 Å². The van der Waals surface area contributed by atoms with Gasteiger partial charge < -0.3 is 9.38 Å². The second-order valence-electron chi connectivity index (χ2n) is 12.7. The summed E-state index contributed by atoms with van der Waals surface area (Å²) >= 11 is 0. The van der Waals surface area contributed by atoms with Crippen LogP contribution in [-0.2, 0) is 0 Å². The van der Waals surface area contributed by atoms with Crippen molar-refractivity contribution in [3.05, 3.63) is 115 Å². The summed E-state index contributed by atoms with van der Waals surface area (Å²) in [7, 11) is -1.92. The predicted octanol–water partition coefficient (Wildman–Crippen LogP) is 6.81. The van der Waals surface area contributed by atoms with Gasteiger partial charge in [-0.2, -0.15) is 0 Å². The van der Waals surface area contributed by atoms with Crippen LogP contribution in [0.1, 0.15) is 5.56 Å². The Hall–Kier alpha value is -4.54. The van der Waals surface area contributed by atoms with Gasteiger partial charge >= 0.3 is 6.85 Å². The predicted molar refractivity (Wildman–Crippen MR) is 179 cm³/mol. The first-order valence-electron chi connectivity index (χ1n) is 14.7. The maximum Gasteiger partial charge on any atom is 0.333 e. The van der Waals surface area contributed by atoms with Crippen LogP contribution in [-0.4, -0.2) is 19.4 Å². The van der Waals surface area contributed by atoms with Gasteiger partial charge in [-0.1, -0.05) is 98.0 Å². The third kappa shape index (κ3) is 2.52. The lowest BCUT2D eigenvalue weighted by Gasteiger charge is -2.47. The molecule has 0 atom stereocenters. The summed E-state index contributed by atoms with van der Waals surface area (Å²) in [6.45, 7) is 7.44. The number of benzene rings is 6. The monoisotopic (exact) mass is 538 g/mol. The fourth-order valence-electron chi connectivity index (χ4n) is 8.42. The van der Waals surface area contributed by atoms with Crippen molar-refractivity contribution in [2.45, 2.75) is 20.0 Å². The van der Waals surface area contributed by atoms with Gasteiger partial charge in [-0.3, -0.25) is 0 Å². The van der Waals surface area contributed by atoms with Crippen molar-refractivity contribution < 1.29 is 0 Å². The van der Waals surface area contributed by atoms with Crippen LogP contribution in [0.4, 0.5) is 17.1 Å². The van der Waals surface area contributed by atoms with E-state index in [9.17, 15) is 0 Å². The molecule has 4 heteroatoms. The molecule has 4 heterocycles. The minimum absolute atomic E-state index is 0.123. The van der Waals surface area contributed by atoms with Crippen molar-refractivity contribution in [3.8, 4) is 11.1 Å². The second-order valence-corrected chi connectivity index (χ2v) is 17.0. The van der Waals surface area contributed by atoms with E-state index in [4.69, 9.17) is 0 Å². The van der Waals surface area contributed by atoms with Crippen LogP contribution in [0.2, 0.25) is 13.1 Å². The Balaban J connectivity index is 1.43. The van der Waals surface area contributed by atoms with E-state index < -0.39 is 8.07 Å². The molecule has 10 rings (SSSR count). The highest BCUT2D eigenvalue weighted by atomic mass is 28.3. The van der Waals surface area contributed by atoms with Gasteiger partial charge in [0.1, 0.15) is 8.07 Å². The van der Waals surface area contributed by atoms with Crippen molar-refractivity contribution in [1.82, 2.24) is 4.48 Å². The highest BCUT2D eigenvalue weighted by Gasteiger charge is 2.48. The topological polar surface area (TPSA) is 8.17 Å². The molecule has 7 aromatic rings. The summed E-state index contributed by atoms with van der Waals surface area (Å²) in [4.78, 5) is 2.62. The molecule has 2 nitrogen and oxygen atoms in total. The third-order valence-corrected chi connectivity index (χ3v) is 13.7. The Morgan fingerprint density at radius 2 is 1.39 bits per heavy atom. The fraction of sp³-hybridized carbons (Fsp3) is 0.0811. The summed E-state index contributed by atoms with van der Waals surface area (Å²) in [6, 6.07) is 41.8. The van der Waals surface area contributed by atoms with Crippen LogP contribution in [0.15, 0.2) is 109 Å². The zero-order valence-electron chi connectivity index (χ0n) is 23.4. The van der Waals surface area contributed by atoms with Crippen LogP contribution in [0, 0.1) is 6.92 Å². The van der Waals surface area contributed by atoms with Gasteiger partial charge in [-0.25, -0.2) is 0 Å². The highest BCUT2D eigenvalue weighted by molar-refractivity contribution is 7.04. The number of aromatic nitrogens is 1. The molecule has 0 spiro atoms. The first-order chi connectivity index (χ1) is 20.0. The molecule has 0 saturated carbocycles. The molecular formula is C37H27BN2Si. The quantitative estimate of drug-likeness (QED) is 0.193. The first kappa shape index (κ1) is 22.2. The number of hydrogen-bond acceptors (Lipinski definition) is 1. The molecule has 0 amide bonds. The lowest BCUT2D eigenvalue weighted by molar-refractivity contribution is 1.25. The molecule has 1 aromatic heterocycles. The smallest absolute Gasteiger partial charge is 0.333 e. The summed E-state index contributed by atoms with van der Waals surface area (Å²) in [5, 5.41) is 8.36. The van der Waals surface area contributed by atoms with Gasteiger partial charge in [0, 0.05) is 44.4 Å². The number of fused-ring (bicyclic) bond motifs is 10. The Bertz CT molecular complexity index is 2330.